The molecule has 0 aliphatic heterocycles. The van der Waals surface area contributed by atoms with Gasteiger partial charge in [-0.3, -0.25) is 0 Å². The molecule has 2 heteroatoms. The van der Waals surface area contributed by atoms with Crippen LogP contribution >= 0.6 is 0 Å². The first kappa shape index (κ1) is 16.4. The maximum atomic E-state index is 2.52. The molecule has 0 spiro atoms. The zero-order valence-corrected chi connectivity index (χ0v) is 16.3. The quantitative estimate of drug-likeness (QED) is 0.570. The molecule has 1 aromatic carbocycles. The van der Waals surface area contributed by atoms with Gasteiger partial charge in [0.05, 0.1) is 8.07 Å². The van der Waals surface area contributed by atoms with Crippen molar-refractivity contribution in [3.63, 3.8) is 0 Å². The monoisotopic (exact) mass is 324 g/mol. The van der Waals surface area contributed by atoms with Gasteiger partial charge in [0.15, 0.2) is 6.20 Å². The summed E-state index contributed by atoms with van der Waals surface area (Å²) in [6.07, 6.45) is 8.01. The van der Waals surface area contributed by atoms with Crippen LogP contribution in [-0.4, -0.2) is 8.07 Å². The number of pyridine rings is 1. The highest BCUT2D eigenvalue weighted by atomic mass is 28.3. The highest BCUT2D eigenvalue weighted by Crippen LogP contribution is 2.34. The minimum atomic E-state index is -1.36. The largest absolute Gasteiger partial charge is 0.212 e. The minimum Gasteiger partial charge on any atom is -0.201 e. The lowest BCUT2D eigenvalue weighted by Crippen LogP contribution is -2.45. The van der Waals surface area contributed by atoms with E-state index in [0.29, 0.717) is 0 Å². The van der Waals surface area contributed by atoms with Gasteiger partial charge in [0.25, 0.3) is 0 Å². The van der Waals surface area contributed by atoms with Crippen LogP contribution in [0.1, 0.15) is 42.7 Å². The van der Waals surface area contributed by atoms with E-state index in [-0.39, 0.29) is 0 Å². The lowest BCUT2D eigenvalue weighted by molar-refractivity contribution is -0.660. The fourth-order valence-electron chi connectivity index (χ4n) is 4.01. The SMILES string of the molecule is Cc1ccccc1-c1cc([Si](C)(C)C)c(C2CCCC2)c[n+]1C. The molecule has 1 fully saturated rings. The molecule has 1 aliphatic rings. The van der Waals surface area contributed by atoms with Crippen molar-refractivity contribution in [3.8, 4) is 11.3 Å². The third-order valence-corrected chi connectivity index (χ3v) is 7.38. The first-order valence-corrected chi connectivity index (χ1v) is 12.5. The molecule has 2 aromatic rings. The van der Waals surface area contributed by atoms with Gasteiger partial charge in [0.2, 0.25) is 5.69 Å². The third kappa shape index (κ3) is 3.28. The number of hydrogen-bond donors (Lipinski definition) is 0. The van der Waals surface area contributed by atoms with Crippen LogP contribution in [0.15, 0.2) is 36.5 Å². The zero-order chi connectivity index (χ0) is 16.6. The summed E-state index contributed by atoms with van der Waals surface area (Å²) in [4.78, 5) is 0. The van der Waals surface area contributed by atoms with Crippen molar-refractivity contribution in [2.45, 2.75) is 58.2 Å². The summed E-state index contributed by atoms with van der Waals surface area (Å²) >= 11 is 0. The van der Waals surface area contributed by atoms with E-state index in [4.69, 9.17) is 0 Å². The third-order valence-electron chi connectivity index (χ3n) is 5.33. The number of aryl methyl sites for hydroxylation is 2. The standard InChI is InChI=1S/C21H30NSi/c1-16-10-6-9-13-18(16)20-14-21(23(3,4)5)19(15-22(20)2)17-11-7-8-12-17/h6,9-10,13-15,17H,7-8,11-12H2,1-5H3/q+1. The number of nitrogens with zero attached hydrogens (tertiary/aromatic N) is 1. The van der Waals surface area contributed by atoms with E-state index in [1.807, 2.05) is 0 Å². The van der Waals surface area contributed by atoms with Crippen LogP contribution in [0.5, 0.6) is 0 Å². The van der Waals surface area contributed by atoms with Gasteiger partial charge in [-0.2, -0.15) is 0 Å². The van der Waals surface area contributed by atoms with Gasteiger partial charge < -0.3 is 0 Å². The summed E-state index contributed by atoms with van der Waals surface area (Å²) < 4.78 is 2.36. The Hall–Kier alpha value is -1.41. The molecule has 0 N–H and O–H groups in total. The molecular weight excluding hydrogens is 294 g/mol. The molecule has 0 amide bonds. The lowest BCUT2D eigenvalue weighted by atomic mass is 9.97. The van der Waals surface area contributed by atoms with Gasteiger partial charge in [0, 0.05) is 17.2 Å². The average Bonchev–Trinajstić information content (AvgIpc) is 3.01. The Morgan fingerprint density at radius 3 is 2.30 bits per heavy atom. The van der Waals surface area contributed by atoms with Crippen molar-refractivity contribution in [3.05, 3.63) is 47.7 Å². The Morgan fingerprint density at radius 1 is 1.04 bits per heavy atom. The molecule has 0 radical (unpaired) electrons. The Morgan fingerprint density at radius 2 is 1.70 bits per heavy atom. The van der Waals surface area contributed by atoms with Crippen molar-refractivity contribution in [1.82, 2.24) is 0 Å². The molecule has 1 aromatic heterocycles. The Bertz CT molecular complexity index is 706. The first-order chi connectivity index (χ1) is 10.9. The second-order valence-corrected chi connectivity index (χ2v) is 13.2. The summed E-state index contributed by atoms with van der Waals surface area (Å²) in [6, 6.07) is 11.3. The van der Waals surface area contributed by atoms with Crippen LogP contribution in [-0.2, 0) is 7.05 Å². The average molecular weight is 325 g/mol. The Labute approximate surface area is 142 Å². The van der Waals surface area contributed by atoms with Crippen molar-refractivity contribution in [2.75, 3.05) is 0 Å². The fraction of sp³-hybridized carbons (Fsp3) is 0.476. The van der Waals surface area contributed by atoms with E-state index < -0.39 is 8.07 Å². The summed E-state index contributed by atoms with van der Waals surface area (Å²) in [5, 5.41) is 1.67. The van der Waals surface area contributed by atoms with Gasteiger partial charge in [-0.05, 0) is 42.5 Å². The Balaban J connectivity index is 2.18. The molecule has 0 saturated heterocycles. The molecule has 0 unspecified atom stereocenters. The van der Waals surface area contributed by atoms with Crippen molar-refractivity contribution in [1.29, 1.82) is 0 Å². The molecule has 1 nitrogen and oxygen atoms in total. The molecular formula is C21H30NSi+. The lowest BCUT2D eigenvalue weighted by Gasteiger charge is -2.24. The van der Waals surface area contributed by atoms with Gasteiger partial charge in [0.1, 0.15) is 7.05 Å². The van der Waals surface area contributed by atoms with Crippen LogP contribution in [0.3, 0.4) is 0 Å². The molecule has 1 heterocycles. The van der Waals surface area contributed by atoms with Crippen LogP contribution < -0.4 is 9.75 Å². The smallest absolute Gasteiger partial charge is 0.201 e. The van der Waals surface area contributed by atoms with Crippen LogP contribution in [0, 0.1) is 6.92 Å². The molecule has 23 heavy (non-hydrogen) atoms. The van der Waals surface area contributed by atoms with Crippen molar-refractivity contribution < 1.29 is 4.57 Å². The van der Waals surface area contributed by atoms with Crippen molar-refractivity contribution in [2.24, 2.45) is 7.05 Å². The number of benzene rings is 1. The summed E-state index contributed by atoms with van der Waals surface area (Å²) in [6.45, 7) is 9.68. The predicted octanol–water partition coefficient (Wildman–Crippen LogP) is 4.69. The minimum absolute atomic E-state index is 0.786. The maximum Gasteiger partial charge on any atom is 0.212 e. The predicted molar refractivity (Wildman–Crippen MR) is 102 cm³/mol. The first-order valence-electron chi connectivity index (χ1n) is 8.98. The van der Waals surface area contributed by atoms with E-state index in [1.165, 1.54) is 42.5 Å². The second-order valence-electron chi connectivity index (χ2n) is 8.18. The number of aromatic nitrogens is 1. The van der Waals surface area contributed by atoms with Crippen molar-refractivity contribution >= 4 is 13.3 Å². The van der Waals surface area contributed by atoms with Gasteiger partial charge in [-0.1, -0.05) is 50.7 Å². The fourth-order valence-corrected chi connectivity index (χ4v) is 5.71. The van der Waals surface area contributed by atoms with Gasteiger partial charge in [-0.25, -0.2) is 4.57 Å². The highest BCUT2D eigenvalue weighted by Gasteiger charge is 2.30. The van der Waals surface area contributed by atoms with E-state index >= 15 is 0 Å². The number of rotatable bonds is 3. The summed E-state index contributed by atoms with van der Waals surface area (Å²) in [5.41, 5.74) is 5.73. The van der Waals surface area contributed by atoms with Gasteiger partial charge in [-0.15, -0.1) is 0 Å². The zero-order valence-electron chi connectivity index (χ0n) is 15.3. The number of hydrogen-bond acceptors (Lipinski definition) is 0. The summed E-state index contributed by atoms with van der Waals surface area (Å²) in [7, 11) is 0.853. The molecule has 1 saturated carbocycles. The molecule has 122 valence electrons. The van der Waals surface area contributed by atoms with Gasteiger partial charge >= 0.3 is 0 Å². The van der Waals surface area contributed by atoms with Crippen LogP contribution in [0.25, 0.3) is 11.3 Å². The summed E-state index contributed by atoms with van der Waals surface area (Å²) in [5.74, 6) is 0.786. The highest BCUT2D eigenvalue weighted by molar-refractivity contribution is 6.89. The molecule has 3 rings (SSSR count). The van der Waals surface area contributed by atoms with E-state index in [2.05, 4.69) is 74.7 Å². The Kier molecular flexibility index (Phi) is 4.46. The maximum absolute atomic E-state index is 2.52. The van der Waals surface area contributed by atoms with E-state index in [0.717, 1.165) is 5.92 Å². The van der Waals surface area contributed by atoms with Crippen LogP contribution in [0.4, 0.5) is 0 Å². The molecule has 0 bridgehead atoms. The topological polar surface area (TPSA) is 3.88 Å². The molecule has 0 atom stereocenters. The van der Waals surface area contributed by atoms with Crippen LogP contribution in [0.2, 0.25) is 19.6 Å². The van der Waals surface area contributed by atoms with E-state index in [9.17, 15) is 0 Å². The second kappa shape index (κ2) is 6.24. The normalized spacial score (nSPS) is 16.0. The molecule has 1 aliphatic carbocycles. The van der Waals surface area contributed by atoms with E-state index in [1.54, 1.807) is 10.8 Å².